The second-order valence-electron chi connectivity index (χ2n) is 6.20. The fourth-order valence-electron chi connectivity index (χ4n) is 3.08. The first kappa shape index (κ1) is 16.4. The highest BCUT2D eigenvalue weighted by molar-refractivity contribution is 5.95. The van der Waals surface area contributed by atoms with Crippen LogP contribution in [0.15, 0.2) is 24.7 Å². The number of hydrogen-bond donors (Lipinski definition) is 1. The maximum Gasteiger partial charge on any atom is 0.255 e. The molecule has 0 radical (unpaired) electrons. The van der Waals surface area contributed by atoms with Crippen LogP contribution in [0.5, 0.6) is 0 Å². The second kappa shape index (κ2) is 7.42. The Balaban J connectivity index is 1.64. The van der Waals surface area contributed by atoms with Gasteiger partial charge in [-0.2, -0.15) is 5.10 Å². The maximum absolute atomic E-state index is 12.6. The number of anilines is 1. The molecular weight excluding hydrogens is 304 g/mol. The Morgan fingerprint density at radius 1 is 1.38 bits per heavy atom. The number of hydrogen-bond acceptors (Lipinski definition) is 5. The van der Waals surface area contributed by atoms with E-state index in [2.05, 4.69) is 32.2 Å². The normalized spacial score (nSPS) is 17.8. The molecule has 2 aromatic rings. The van der Waals surface area contributed by atoms with E-state index in [1.54, 1.807) is 12.4 Å². The number of nitrogens with zero attached hydrogens (tertiary/aromatic N) is 5. The third-order valence-corrected chi connectivity index (χ3v) is 4.24. The van der Waals surface area contributed by atoms with Crippen molar-refractivity contribution in [3.8, 4) is 0 Å². The highest BCUT2D eigenvalue weighted by Gasteiger charge is 2.24. The Hall–Kier alpha value is -2.44. The molecule has 1 aliphatic heterocycles. The molecule has 1 atom stereocenters. The van der Waals surface area contributed by atoms with Crippen molar-refractivity contribution >= 4 is 11.9 Å². The van der Waals surface area contributed by atoms with Crippen LogP contribution in [0, 0.1) is 6.92 Å². The number of rotatable bonds is 5. The monoisotopic (exact) mass is 328 g/mol. The van der Waals surface area contributed by atoms with Gasteiger partial charge >= 0.3 is 0 Å². The van der Waals surface area contributed by atoms with Crippen LogP contribution < -0.4 is 10.2 Å². The van der Waals surface area contributed by atoms with Crippen LogP contribution in [0.1, 0.15) is 42.2 Å². The molecule has 3 rings (SSSR count). The van der Waals surface area contributed by atoms with Crippen LogP contribution in [-0.4, -0.2) is 44.8 Å². The largest absolute Gasteiger partial charge is 0.347 e. The smallest absolute Gasteiger partial charge is 0.255 e. The molecule has 24 heavy (non-hydrogen) atoms. The van der Waals surface area contributed by atoms with Crippen LogP contribution in [-0.2, 0) is 6.54 Å². The Morgan fingerprint density at radius 2 is 2.17 bits per heavy atom. The van der Waals surface area contributed by atoms with Crippen LogP contribution in [0.25, 0.3) is 0 Å². The van der Waals surface area contributed by atoms with Crippen LogP contribution >= 0.6 is 0 Å². The van der Waals surface area contributed by atoms with Crippen LogP contribution in [0.3, 0.4) is 0 Å². The summed E-state index contributed by atoms with van der Waals surface area (Å²) >= 11 is 0. The lowest BCUT2D eigenvalue weighted by molar-refractivity contribution is 0.0932. The SMILES string of the molecule is CCCn1cc(C(=O)NC2CCCN(c3ncccn3)C2)c(C)n1. The average molecular weight is 328 g/mol. The molecule has 1 aliphatic rings. The van der Waals surface area contributed by atoms with Crippen molar-refractivity contribution in [2.24, 2.45) is 0 Å². The summed E-state index contributed by atoms with van der Waals surface area (Å²) in [6, 6.07) is 1.91. The van der Waals surface area contributed by atoms with E-state index >= 15 is 0 Å². The fraction of sp³-hybridized carbons (Fsp3) is 0.529. The van der Waals surface area contributed by atoms with E-state index in [0.29, 0.717) is 5.56 Å². The van der Waals surface area contributed by atoms with Crippen LogP contribution in [0.2, 0.25) is 0 Å². The standard InChI is InChI=1S/C17H24N6O/c1-3-9-23-12-15(13(2)21-23)16(24)20-14-6-4-10-22(11-14)17-18-7-5-8-19-17/h5,7-8,12,14H,3-4,6,9-11H2,1-2H3,(H,20,24). The average Bonchev–Trinajstić information content (AvgIpc) is 2.97. The van der Waals surface area contributed by atoms with Gasteiger partial charge in [0.1, 0.15) is 0 Å². The summed E-state index contributed by atoms with van der Waals surface area (Å²) in [5.41, 5.74) is 1.44. The van der Waals surface area contributed by atoms with E-state index in [9.17, 15) is 4.79 Å². The van der Waals surface area contributed by atoms with Gasteiger partial charge in [-0.15, -0.1) is 0 Å². The van der Waals surface area contributed by atoms with Gasteiger partial charge in [0.15, 0.2) is 0 Å². The molecular formula is C17H24N6O. The zero-order valence-electron chi connectivity index (χ0n) is 14.3. The Morgan fingerprint density at radius 3 is 2.92 bits per heavy atom. The van der Waals surface area contributed by atoms with Gasteiger partial charge in [0.2, 0.25) is 5.95 Å². The molecule has 7 nitrogen and oxygen atoms in total. The molecule has 0 aromatic carbocycles. The number of piperidine rings is 1. The third-order valence-electron chi connectivity index (χ3n) is 4.24. The molecule has 0 bridgehead atoms. The van der Waals surface area contributed by atoms with Gasteiger partial charge in [-0.25, -0.2) is 9.97 Å². The van der Waals surface area contributed by atoms with E-state index in [4.69, 9.17) is 0 Å². The van der Waals surface area contributed by atoms with Crippen molar-refractivity contribution in [2.45, 2.75) is 45.7 Å². The van der Waals surface area contributed by atoms with Gasteiger partial charge in [0.05, 0.1) is 11.3 Å². The third kappa shape index (κ3) is 3.72. The molecule has 1 amide bonds. The number of nitrogens with one attached hydrogen (secondary N) is 1. The number of amides is 1. The Kier molecular flexibility index (Phi) is 5.08. The summed E-state index contributed by atoms with van der Waals surface area (Å²) in [4.78, 5) is 23.3. The number of carbonyl (C=O) groups excluding carboxylic acids is 1. The second-order valence-corrected chi connectivity index (χ2v) is 6.20. The van der Waals surface area contributed by atoms with Crippen molar-refractivity contribution in [3.63, 3.8) is 0 Å². The molecule has 0 saturated carbocycles. The molecule has 1 saturated heterocycles. The minimum absolute atomic E-state index is 0.0457. The van der Waals surface area contributed by atoms with Crippen molar-refractivity contribution in [2.75, 3.05) is 18.0 Å². The van der Waals surface area contributed by atoms with E-state index in [0.717, 1.165) is 50.5 Å². The van der Waals surface area contributed by atoms with Gasteiger partial charge in [0, 0.05) is 44.3 Å². The van der Waals surface area contributed by atoms with Crippen LogP contribution in [0.4, 0.5) is 5.95 Å². The van der Waals surface area contributed by atoms with Crippen molar-refractivity contribution < 1.29 is 4.79 Å². The lowest BCUT2D eigenvalue weighted by atomic mass is 10.1. The number of carbonyl (C=O) groups is 1. The quantitative estimate of drug-likeness (QED) is 0.905. The molecule has 3 heterocycles. The predicted molar refractivity (Wildman–Crippen MR) is 92.0 cm³/mol. The predicted octanol–water partition coefficient (Wildman–Crippen LogP) is 1.79. The van der Waals surface area contributed by atoms with Gasteiger partial charge < -0.3 is 10.2 Å². The first-order chi connectivity index (χ1) is 11.7. The molecule has 0 spiro atoms. The van der Waals surface area contributed by atoms with Crippen molar-refractivity contribution in [1.82, 2.24) is 25.1 Å². The molecule has 1 fully saturated rings. The van der Waals surface area contributed by atoms with Gasteiger partial charge in [0.25, 0.3) is 5.91 Å². The minimum atomic E-state index is -0.0457. The van der Waals surface area contributed by atoms with E-state index in [1.807, 2.05) is 23.9 Å². The highest BCUT2D eigenvalue weighted by Crippen LogP contribution is 2.16. The molecule has 128 valence electrons. The van der Waals surface area contributed by atoms with E-state index < -0.39 is 0 Å². The lowest BCUT2D eigenvalue weighted by Crippen LogP contribution is -2.48. The molecule has 7 heteroatoms. The minimum Gasteiger partial charge on any atom is -0.347 e. The number of aromatic nitrogens is 4. The Labute approximate surface area is 142 Å². The lowest BCUT2D eigenvalue weighted by Gasteiger charge is -2.33. The fourth-order valence-corrected chi connectivity index (χ4v) is 3.08. The first-order valence-electron chi connectivity index (χ1n) is 8.54. The van der Waals surface area contributed by atoms with Crippen molar-refractivity contribution in [3.05, 3.63) is 35.9 Å². The number of aryl methyl sites for hydroxylation is 2. The summed E-state index contributed by atoms with van der Waals surface area (Å²) in [5.74, 6) is 0.680. The zero-order valence-corrected chi connectivity index (χ0v) is 14.3. The zero-order chi connectivity index (χ0) is 16.9. The van der Waals surface area contributed by atoms with Gasteiger partial charge in [-0.05, 0) is 32.3 Å². The van der Waals surface area contributed by atoms with Gasteiger partial charge in [-0.3, -0.25) is 9.48 Å². The maximum atomic E-state index is 12.6. The highest BCUT2D eigenvalue weighted by atomic mass is 16.1. The molecule has 2 aromatic heterocycles. The molecule has 0 aliphatic carbocycles. The molecule has 1 N–H and O–H groups in total. The molecule has 1 unspecified atom stereocenters. The summed E-state index contributed by atoms with van der Waals surface area (Å²) in [5, 5.41) is 7.54. The first-order valence-corrected chi connectivity index (χ1v) is 8.54. The topological polar surface area (TPSA) is 75.9 Å². The summed E-state index contributed by atoms with van der Waals surface area (Å²) in [6.45, 7) is 6.46. The summed E-state index contributed by atoms with van der Waals surface area (Å²) < 4.78 is 1.84. The van der Waals surface area contributed by atoms with Crippen molar-refractivity contribution in [1.29, 1.82) is 0 Å². The van der Waals surface area contributed by atoms with E-state index in [-0.39, 0.29) is 11.9 Å². The van der Waals surface area contributed by atoms with E-state index in [1.165, 1.54) is 0 Å². The van der Waals surface area contributed by atoms with Gasteiger partial charge in [-0.1, -0.05) is 6.92 Å². The summed E-state index contributed by atoms with van der Waals surface area (Å²) in [6.07, 6.45) is 8.31. The summed E-state index contributed by atoms with van der Waals surface area (Å²) in [7, 11) is 0. The Bertz CT molecular complexity index is 684.